The quantitative estimate of drug-likeness (QED) is 0.191. The van der Waals surface area contributed by atoms with Crippen LogP contribution in [0.2, 0.25) is 0 Å². The number of hydrogen-bond acceptors (Lipinski definition) is 0. The average molecular weight is 706 g/mol. The summed E-state index contributed by atoms with van der Waals surface area (Å²) in [7, 11) is -0.0930. The summed E-state index contributed by atoms with van der Waals surface area (Å²) in [5.74, 6) is 0. The maximum absolute atomic E-state index is 1.63. The van der Waals surface area contributed by atoms with Crippen LogP contribution >= 0.6 is 28.3 Å². The van der Waals surface area contributed by atoms with Crippen LogP contribution in [-0.2, 0) is 20.4 Å². The summed E-state index contributed by atoms with van der Waals surface area (Å²) in [5.41, 5.74) is 7.36. The number of halogens is 1. The predicted molar refractivity (Wildman–Crippen MR) is 185 cm³/mol. The van der Waals surface area contributed by atoms with Gasteiger partial charge in [0.15, 0.2) is 0 Å². The van der Waals surface area contributed by atoms with E-state index in [-0.39, 0.29) is 48.7 Å². The van der Waals surface area contributed by atoms with Crippen molar-refractivity contribution in [1.29, 1.82) is 0 Å². The Balaban J connectivity index is 0.000000210. The normalized spacial score (nSPS) is 27.4. The predicted octanol–water partition coefficient (Wildman–Crippen LogP) is 12.8. The molecule has 4 heteroatoms. The van der Waals surface area contributed by atoms with Gasteiger partial charge in [0.2, 0.25) is 0 Å². The van der Waals surface area contributed by atoms with Crippen molar-refractivity contribution in [2.45, 2.75) is 227 Å². The van der Waals surface area contributed by atoms with Crippen molar-refractivity contribution >= 4 is 28.3 Å². The molecule has 6 saturated carbocycles. The van der Waals surface area contributed by atoms with Gasteiger partial charge in [-0.15, -0.1) is 12.4 Å². The van der Waals surface area contributed by atoms with Crippen molar-refractivity contribution in [2.24, 2.45) is 0 Å². The SMILES string of the molecule is C1CCC([PH+](C2CCCCC2)C2CCCCC2)CC1.C1CCC([PH+](C2CCCCC2)C2CCCCC2)CC1.Cl.[Pd]. The van der Waals surface area contributed by atoms with Crippen LogP contribution in [0.3, 0.4) is 0 Å². The molecular formula is C36H69ClP2Pd+2. The van der Waals surface area contributed by atoms with Crippen LogP contribution in [0.25, 0.3) is 0 Å². The van der Waals surface area contributed by atoms with Crippen molar-refractivity contribution < 1.29 is 20.4 Å². The zero-order valence-electron chi connectivity index (χ0n) is 26.4. The molecule has 0 bridgehead atoms. The van der Waals surface area contributed by atoms with Gasteiger partial charge in [0, 0.05) is 36.3 Å². The molecule has 0 radical (unpaired) electrons. The van der Waals surface area contributed by atoms with E-state index in [9.17, 15) is 0 Å². The molecule has 40 heavy (non-hydrogen) atoms. The molecule has 6 rings (SSSR count). The summed E-state index contributed by atoms with van der Waals surface area (Å²) in [4.78, 5) is 0. The maximum atomic E-state index is 1.63. The molecule has 6 aliphatic rings. The zero-order valence-corrected chi connectivity index (χ0v) is 30.8. The first kappa shape index (κ1) is 36.3. The zero-order chi connectivity index (χ0) is 25.8. The van der Waals surface area contributed by atoms with E-state index in [2.05, 4.69) is 0 Å². The Kier molecular flexibility index (Phi) is 18.8. The van der Waals surface area contributed by atoms with Crippen molar-refractivity contribution in [3.05, 3.63) is 0 Å². The minimum Gasteiger partial charge on any atom is -0.147 e. The van der Waals surface area contributed by atoms with Crippen molar-refractivity contribution in [3.63, 3.8) is 0 Å². The molecule has 0 aliphatic heterocycles. The van der Waals surface area contributed by atoms with E-state index in [0.29, 0.717) is 0 Å². The molecule has 6 aliphatic carbocycles. The fourth-order valence-electron chi connectivity index (χ4n) is 10.6. The Morgan fingerprint density at radius 1 is 0.225 bits per heavy atom. The van der Waals surface area contributed by atoms with Gasteiger partial charge in [-0.25, -0.2) is 0 Å². The van der Waals surface area contributed by atoms with E-state index < -0.39 is 0 Å². The molecule has 0 amide bonds. The average Bonchev–Trinajstić information content (AvgIpc) is 3.01. The van der Waals surface area contributed by atoms with E-state index in [4.69, 9.17) is 0 Å². The van der Waals surface area contributed by atoms with Gasteiger partial charge >= 0.3 is 0 Å². The summed E-state index contributed by atoms with van der Waals surface area (Å²) in [6.45, 7) is 0. The van der Waals surface area contributed by atoms with E-state index in [0.717, 1.165) is 0 Å². The molecule has 0 unspecified atom stereocenters. The van der Waals surface area contributed by atoms with Crippen LogP contribution in [0.15, 0.2) is 0 Å². The van der Waals surface area contributed by atoms with Crippen LogP contribution in [0.1, 0.15) is 193 Å². The standard InChI is InChI=1S/2C18H33P.ClH.Pd/c2*1-4-10-16(11-5-1)19(17-12-6-2-7-13-17)18-14-8-3-9-15-18;;/h2*16-18H,1-15H2;1H;/p+2. The summed E-state index contributed by atoms with van der Waals surface area (Å²) >= 11 is 0. The fourth-order valence-corrected chi connectivity index (χ4v) is 21.1. The van der Waals surface area contributed by atoms with Gasteiger partial charge in [0.1, 0.15) is 0 Å². The fraction of sp³-hybridized carbons (Fsp3) is 1.00. The number of rotatable bonds is 6. The molecule has 238 valence electrons. The van der Waals surface area contributed by atoms with Crippen LogP contribution in [0.5, 0.6) is 0 Å². The van der Waals surface area contributed by atoms with Gasteiger partial charge in [0.05, 0.1) is 34.0 Å². The summed E-state index contributed by atoms with van der Waals surface area (Å²) < 4.78 is 0. The third kappa shape index (κ3) is 11.0. The molecule has 0 saturated heterocycles. The van der Waals surface area contributed by atoms with E-state index in [1.165, 1.54) is 34.0 Å². The van der Waals surface area contributed by atoms with E-state index in [1.54, 1.807) is 193 Å². The molecule has 6 fully saturated rings. The Labute approximate surface area is 273 Å². The molecule has 0 heterocycles. The van der Waals surface area contributed by atoms with Crippen molar-refractivity contribution in [2.75, 3.05) is 0 Å². The second kappa shape index (κ2) is 20.8. The molecule has 0 aromatic carbocycles. The topological polar surface area (TPSA) is 0 Å². The molecule has 0 atom stereocenters. The summed E-state index contributed by atoms with van der Waals surface area (Å²) in [6, 6.07) is 0. The third-order valence-electron chi connectivity index (χ3n) is 12.5. The molecule has 0 spiro atoms. The van der Waals surface area contributed by atoms with Gasteiger partial charge in [-0.2, -0.15) is 0 Å². The molecule has 0 aromatic heterocycles. The molecule has 0 aromatic rings. The van der Waals surface area contributed by atoms with Crippen molar-refractivity contribution in [1.82, 2.24) is 0 Å². The first-order valence-electron chi connectivity index (χ1n) is 18.6. The van der Waals surface area contributed by atoms with E-state index in [1.807, 2.05) is 0 Å². The van der Waals surface area contributed by atoms with Crippen LogP contribution in [0, 0.1) is 0 Å². The van der Waals surface area contributed by atoms with Crippen LogP contribution < -0.4 is 0 Å². The Morgan fingerprint density at radius 2 is 0.350 bits per heavy atom. The monoisotopic (exact) mass is 704 g/mol. The third-order valence-corrected chi connectivity index (χ3v) is 21.6. The first-order valence-corrected chi connectivity index (χ1v) is 22.1. The van der Waals surface area contributed by atoms with E-state index >= 15 is 0 Å². The first-order chi connectivity index (χ1) is 18.9. The van der Waals surface area contributed by atoms with Crippen molar-refractivity contribution in [3.8, 4) is 0 Å². The minimum absolute atomic E-state index is 0. The summed E-state index contributed by atoms with van der Waals surface area (Å²) in [6.07, 6.45) is 47.6. The van der Waals surface area contributed by atoms with Gasteiger partial charge in [-0.3, -0.25) is 0 Å². The van der Waals surface area contributed by atoms with Crippen LogP contribution in [-0.4, -0.2) is 34.0 Å². The largest absolute Gasteiger partial charge is 0.147 e. The molecular weight excluding hydrogens is 636 g/mol. The second-order valence-electron chi connectivity index (χ2n) is 15.0. The van der Waals surface area contributed by atoms with Crippen LogP contribution in [0.4, 0.5) is 0 Å². The second-order valence-corrected chi connectivity index (χ2v) is 21.9. The van der Waals surface area contributed by atoms with Gasteiger partial charge in [0.25, 0.3) is 0 Å². The molecule has 0 N–H and O–H groups in total. The minimum atomic E-state index is -0.0465. The number of hydrogen-bond donors (Lipinski definition) is 0. The Bertz CT molecular complexity index is 471. The van der Waals surface area contributed by atoms with Gasteiger partial charge < -0.3 is 0 Å². The maximum Gasteiger partial charge on any atom is 0.0680 e. The molecule has 0 nitrogen and oxygen atoms in total. The smallest absolute Gasteiger partial charge is 0.0680 e. The summed E-state index contributed by atoms with van der Waals surface area (Å²) in [5, 5.41) is 0. The van der Waals surface area contributed by atoms with Gasteiger partial charge in [-0.05, 0) is 154 Å². The Hall–Kier alpha value is 1.81. The van der Waals surface area contributed by atoms with Gasteiger partial charge in [-0.1, -0.05) is 38.5 Å². The Morgan fingerprint density at radius 3 is 0.475 bits per heavy atom.